The summed E-state index contributed by atoms with van der Waals surface area (Å²) in [6.45, 7) is 9.31. The van der Waals surface area contributed by atoms with Gasteiger partial charge in [0.15, 0.2) is 0 Å². The Morgan fingerprint density at radius 2 is 1.83 bits per heavy atom. The Bertz CT molecular complexity index is 281. The SMILES string of the molecule is CC1CC(C)(C)CC1(CN)N(C)CC1CCCC1. The minimum Gasteiger partial charge on any atom is -0.329 e. The van der Waals surface area contributed by atoms with E-state index in [4.69, 9.17) is 5.73 Å². The topological polar surface area (TPSA) is 29.3 Å². The minimum atomic E-state index is 0.256. The number of likely N-dealkylation sites (N-methyl/N-ethyl adjacent to an activating group) is 1. The van der Waals surface area contributed by atoms with E-state index in [-0.39, 0.29) is 5.54 Å². The molecule has 2 N–H and O–H groups in total. The van der Waals surface area contributed by atoms with Crippen molar-refractivity contribution in [2.75, 3.05) is 20.1 Å². The smallest absolute Gasteiger partial charge is 0.0359 e. The van der Waals surface area contributed by atoms with Crippen LogP contribution in [0.4, 0.5) is 0 Å². The molecule has 0 spiro atoms. The van der Waals surface area contributed by atoms with Gasteiger partial charge in [0.1, 0.15) is 0 Å². The van der Waals surface area contributed by atoms with Crippen molar-refractivity contribution < 1.29 is 0 Å². The summed E-state index contributed by atoms with van der Waals surface area (Å²) in [6.07, 6.45) is 8.33. The van der Waals surface area contributed by atoms with Gasteiger partial charge in [-0.05, 0) is 50.0 Å². The molecule has 0 bridgehead atoms. The molecule has 0 aromatic heterocycles. The molecular formula is C16H32N2. The third kappa shape index (κ3) is 2.60. The van der Waals surface area contributed by atoms with Crippen LogP contribution in [0.5, 0.6) is 0 Å². The molecular weight excluding hydrogens is 220 g/mol. The molecule has 18 heavy (non-hydrogen) atoms. The lowest BCUT2D eigenvalue weighted by atomic mass is 9.84. The van der Waals surface area contributed by atoms with Crippen molar-refractivity contribution in [3.05, 3.63) is 0 Å². The Labute approximate surface area is 113 Å². The highest BCUT2D eigenvalue weighted by Crippen LogP contribution is 2.50. The second-order valence-electron chi connectivity index (χ2n) is 7.78. The normalized spacial score (nSPS) is 36.7. The van der Waals surface area contributed by atoms with E-state index in [1.807, 2.05) is 0 Å². The molecule has 0 aromatic rings. The molecule has 2 unspecified atom stereocenters. The summed E-state index contributed by atoms with van der Waals surface area (Å²) in [5, 5.41) is 0. The number of rotatable bonds is 4. The molecule has 106 valence electrons. The number of nitrogens with two attached hydrogens (primary N) is 1. The number of nitrogens with zero attached hydrogens (tertiary/aromatic N) is 1. The first-order valence-corrected chi connectivity index (χ1v) is 7.81. The maximum Gasteiger partial charge on any atom is 0.0359 e. The lowest BCUT2D eigenvalue weighted by molar-refractivity contribution is 0.0705. The molecule has 2 aliphatic carbocycles. The van der Waals surface area contributed by atoms with Crippen molar-refractivity contribution in [2.24, 2.45) is 23.0 Å². The monoisotopic (exact) mass is 252 g/mol. The van der Waals surface area contributed by atoms with Crippen LogP contribution in [0.15, 0.2) is 0 Å². The van der Waals surface area contributed by atoms with E-state index in [2.05, 4.69) is 32.7 Å². The Morgan fingerprint density at radius 3 is 2.28 bits per heavy atom. The highest BCUT2D eigenvalue weighted by atomic mass is 15.2. The molecule has 2 fully saturated rings. The minimum absolute atomic E-state index is 0.256. The van der Waals surface area contributed by atoms with Gasteiger partial charge in [-0.25, -0.2) is 0 Å². The summed E-state index contributed by atoms with van der Waals surface area (Å²) in [5.74, 6) is 1.65. The van der Waals surface area contributed by atoms with Crippen LogP contribution in [0, 0.1) is 17.3 Å². The molecule has 2 heteroatoms. The van der Waals surface area contributed by atoms with Gasteiger partial charge in [0.05, 0.1) is 0 Å². The maximum atomic E-state index is 6.21. The van der Waals surface area contributed by atoms with E-state index in [0.29, 0.717) is 5.41 Å². The summed E-state index contributed by atoms with van der Waals surface area (Å²) in [6, 6.07) is 0. The van der Waals surface area contributed by atoms with E-state index in [0.717, 1.165) is 18.4 Å². The Kier molecular flexibility index (Phi) is 4.08. The predicted octanol–water partition coefficient (Wildman–Crippen LogP) is 3.26. The van der Waals surface area contributed by atoms with E-state index >= 15 is 0 Å². The van der Waals surface area contributed by atoms with Gasteiger partial charge in [-0.3, -0.25) is 4.90 Å². The summed E-state index contributed by atoms with van der Waals surface area (Å²) in [4.78, 5) is 2.63. The molecule has 2 rings (SSSR count). The Hall–Kier alpha value is -0.0800. The number of hydrogen-bond donors (Lipinski definition) is 1. The molecule has 2 saturated carbocycles. The van der Waals surface area contributed by atoms with Gasteiger partial charge in [-0.2, -0.15) is 0 Å². The zero-order valence-electron chi connectivity index (χ0n) is 12.8. The van der Waals surface area contributed by atoms with Gasteiger partial charge < -0.3 is 5.73 Å². The highest BCUT2D eigenvalue weighted by molar-refractivity contribution is 5.05. The van der Waals surface area contributed by atoms with Crippen molar-refractivity contribution in [1.29, 1.82) is 0 Å². The highest BCUT2D eigenvalue weighted by Gasteiger charge is 2.50. The lowest BCUT2D eigenvalue weighted by Gasteiger charge is -2.43. The fourth-order valence-electron chi connectivity index (χ4n) is 4.80. The first-order chi connectivity index (χ1) is 8.39. The average molecular weight is 252 g/mol. The fourth-order valence-corrected chi connectivity index (χ4v) is 4.80. The van der Waals surface area contributed by atoms with E-state index in [9.17, 15) is 0 Å². The summed E-state index contributed by atoms with van der Waals surface area (Å²) in [7, 11) is 2.32. The van der Waals surface area contributed by atoms with Gasteiger partial charge in [0, 0.05) is 18.6 Å². The van der Waals surface area contributed by atoms with Crippen molar-refractivity contribution in [3.8, 4) is 0 Å². The first kappa shape index (κ1) is 14.3. The van der Waals surface area contributed by atoms with Crippen LogP contribution in [0.3, 0.4) is 0 Å². The summed E-state index contributed by atoms with van der Waals surface area (Å²) >= 11 is 0. The van der Waals surface area contributed by atoms with E-state index < -0.39 is 0 Å². The Balaban J connectivity index is 2.06. The molecule has 0 saturated heterocycles. The molecule has 0 aromatic carbocycles. The molecule has 0 amide bonds. The fraction of sp³-hybridized carbons (Fsp3) is 1.00. The van der Waals surface area contributed by atoms with Crippen molar-refractivity contribution in [3.63, 3.8) is 0 Å². The van der Waals surface area contributed by atoms with Crippen LogP contribution in [0.1, 0.15) is 59.3 Å². The van der Waals surface area contributed by atoms with Crippen LogP contribution >= 0.6 is 0 Å². The first-order valence-electron chi connectivity index (χ1n) is 7.81. The van der Waals surface area contributed by atoms with Gasteiger partial charge in [0.2, 0.25) is 0 Å². The quantitative estimate of drug-likeness (QED) is 0.832. The second-order valence-corrected chi connectivity index (χ2v) is 7.78. The molecule has 2 nitrogen and oxygen atoms in total. The van der Waals surface area contributed by atoms with Crippen LogP contribution < -0.4 is 5.73 Å². The summed E-state index contributed by atoms with van der Waals surface area (Å²) in [5.41, 5.74) is 6.93. The molecule has 2 atom stereocenters. The second kappa shape index (κ2) is 5.13. The third-order valence-corrected chi connectivity index (χ3v) is 5.68. The third-order valence-electron chi connectivity index (χ3n) is 5.68. The van der Waals surface area contributed by atoms with Gasteiger partial charge >= 0.3 is 0 Å². The average Bonchev–Trinajstić information content (AvgIpc) is 2.84. The predicted molar refractivity (Wildman–Crippen MR) is 78.6 cm³/mol. The molecule has 0 aliphatic heterocycles. The van der Waals surface area contributed by atoms with Crippen LogP contribution in [-0.4, -0.2) is 30.6 Å². The molecule has 2 aliphatic rings. The molecule has 0 radical (unpaired) electrons. The molecule has 0 heterocycles. The number of hydrogen-bond acceptors (Lipinski definition) is 2. The van der Waals surface area contributed by atoms with E-state index in [1.165, 1.54) is 45.1 Å². The van der Waals surface area contributed by atoms with Gasteiger partial charge in [-0.1, -0.05) is 33.6 Å². The zero-order chi connectivity index (χ0) is 13.4. The van der Waals surface area contributed by atoms with Crippen molar-refractivity contribution >= 4 is 0 Å². The van der Waals surface area contributed by atoms with Crippen LogP contribution in [0.2, 0.25) is 0 Å². The lowest BCUT2D eigenvalue weighted by Crippen LogP contribution is -2.55. The van der Waals surface area contributed by atoms with Crippen molar-refractivity contribution in [1.82, 2.24) is 4.90 Å². The maximum absolute atomic E-state index is 6.21. The van der Waals surface area contributed by atoms with E-state index in [1.54, 1.807) is 0 Å². The summed E-state index contributed by atoms with van der Waals surface area (Å²) < 4.78 is 0. The van der Waals surface area contributed by atoms with Gasteiger partial charge in [-0.15, -0.1) is 0 Å². The van der Waals surface area contributed by atoms with Gasteiger partial charge in [0.25, 0.3) is 0 Å². The largest absolute Gasteiger partial charge is 0.329 e. The van der Waals surface area contributed by atoms with Crippen molar-refractivity contribution in [2.45, 2.75) is 64.8 Å². The van der Waals surface area contributed by atoms with Crippen LogP contribution in [0.25, 0.3) is 0 Å². The standard InChI is InChI=1S/C16H32N2/c1-13-9-15(2,3)11-16(13,12-17)18(4)10-14-7-5-6-8-14/h13-14H,5-12,17H2,1-4H3. The zero-order valence-corrected chi connectivity index (χ0v) is 12.8. The Morgan fingerprint density at radius 1 is 1.22 bits per heavy atom. The van der Waals surface area contributed by atoms with Crippen LogP contribution in [-0.2, 0) is 0 Å².